The van der Waals surface area contributed by atoms with E-state index in [0.29, 0.717) is 17.9 Å². The van der Waals surface area contributed by atoms with Crippen LogP contribution in [-0.4, -0.2) is 42.8 Å². The first-order chi connectivity index (χ1) is 13.3. The van der Waals surface area contributed by atoms with Gasteiger partial charge in [-0.25, -0.2) is 0 Å². The molecule has 0 aromatic heterocycles. The molecule has 0 saturated carbocycles. The van der Waals surface area contributed by atoms with E-state index in [4.69, 9.17) is 9.47 Å². The van der Waals surface area contributed by atoms with Gasteiger partial charge in [0.05, 0.1) is 20.3 Å². The maximum absolute atomic E-state index is 11.9. The number of aliphatic carboxylic acids is 1. The van der Waals surface area contributed by atoms with Crippen LogP contribution in [-0.2, 0) is 4.79 Å². The van der Waals surface area contributed by atoms with Gasteiger partial charge in [0.2, 0.25) is 0 Å². The Morgan fingerprint density at radius 1 is 1.11 bits per heavy atom. The van der Waals surface area contributed by atoms with E-state index in [-0.39, 0.29) is 6.04 Å². The van der Waals surface area contributed by atoms with E-state index in [2.05, 4.69) is 52.9 Å². The Morgan fingerprint density at radius 3 is 2.29 bits per heavy atom. The second-order valence-electron chi connectivity index (χ2n) is 7.29. The summed E-state index contributed by atoms with van der Waals surface area (Å²) in [6.07, 6.45) is 1.52. The van der Waals surface area contributed by atoms with Crippen molar-refractivity contribution in [1.82, 2.24) is 4.90 Å². The van der Waals surface area contributed by atoms with Crippen molar-refractivity contribution in [2.75, 3.05) is 20.8 Å². The van der Waals surface area contributed by atoms with Crippen molar-refractivity contribution >= 4 is 21.9 Å². The van der Waals surface area contributed by atoms with E-state index in [9.17, 15) is 9.90 Å². The number of carbonyl (C=O) groups is 1. The Labute approximate surface area is 174 Å². The van der Waals surface area contributed by atoms with Crippen molar-refractivity contribution < 1.29 is 19.4 Å². The van der Waals surface area contributed by atoms with Gasteiger partial charge in [0.15, 0.2) is 11.5 Å². The van der Waals surface area contributed by atoms with Crippen LogP contribution in [0.25, 0.3) is 0 Å². The number of rotatable bonds is 6. The standard InChI is InChI=1S/C22H26BrNO4/c1-13-8-14(2)10-15(9-13)21(24-7-5-6-18(24)22(25)26)16-11-19(27-3)20(28-4)12-17(16)23/h8-12,18,21H,5-7H2,1-4H3,(H,25,26). The molecule has 1 fully saturated rings. The average Bonchev–Trinajstić information content (AvgIpc) is 3.11. The highest BCUT2D eigenvalue weighted by Gasteiger charge is 2.38. The average molecular weight is 448 g/mol. The van der Waals surface area contributed by atoms with Gasteiger partial charge in [-0.05, 0) is 49.9 Å². The molecule has 3 rings (SSSR count). The summed E-state index contributed by atoms with van der Waals surface area (Å²) < 4.78 is 11.8. The Hall–Kier alpha value is -2.05. The minimum atomic E-state index is -0.775. The number of aryl methyl sites for hydroxylation is 2. The Bertz CT molecular complexity index is 863. The van der Waals surface area contributed by atoms with Gasteiger partial charge in [-0.1, -0.05) is 45.3 Å². The molecule has 2 aromatic rings. The number of halogens is 1. The zero-order valence-electron chi connectivity index (χ0n) is 16.7. The van der Waals surface area contributed by atoms with Crippen LogP contribution < -0.4 is 9.47 Å². The van der Waals surface area contributed by atoms with Crippen molar-refractivity contribution in [3.63, 3.8) is 0 Å². The minimum absolute atomic E-state index is 0.198. The third-order valence-electron chi connectivity index (χ3n) is 5.27. The number of ether oxygens (including phenoxy) is 2. The summed E-state index contributed by atoms with van der Waals surface area (Å²) in [6, 6.07) is 9.53. The highest BCUT2D eigenvalue weighted by atomic mass is 79.9. The van der Waals surface area contributed by atoms with Crippen molar-refractivity contribution in [2.45, 2.75) is 38.8 Å². The second-order valence-corrected chi connectivity index (χ2v) is 8.14. The maximum Gasteiger partial charge on any atom is 0.320 e. The van der Waals surface area contributed by atoms with Crippen molar-refractivity contribution in [1.29, 1.82) is 0 Å². The third kappa shape index (κ3) is 4.03. The van der Waals surface area contributed by atoms with Gasteiger partial charge in [0.25, 0.3) is 0 Å². The lowest BCUT2D eigenvalue weighted by Crippen LogP contribution is -2.39. The lowest BCUT2D eigenvalue weighted by atomic mass is 9.93. The van der Waals surface area contributed by atoms with Crippen LogP contribution in [0.1, 0.15) is 41.1 Å². The first-order valence-electron chi connectivity index (χ1n) is 9.34. The molecule has 2 unspecified atom stereocenters. The van der Waals surface area contributed by atoms with Crippen LogP contribution in [0.3, 0.4) is 0 Å². The number of carboxylic acid groups (broad SMARTS) is 1. The molecule has 1 N–H and O–H groups in total. The monoisotopic (exact) mass is 447 g/mol. The van der Waals surface area contributed by atoms with Crippen LogP contribution in [0, 0.1) is 13.8 Å². The molecule has 0 radical (unpaired) electrons. The van der Waals surface area contributed by atoms with Crippen molar-refractivity contribution in [3.05, 3.63) is 57.1 Å². The van der Waals surface area contributed by atoms with Gasteiger partial charge in [-0.15, -0.1) is 0 Å². The first kappa shape index (κ1) is 20.7. The molecular weight excluding hydrogens is 422 g/mol. The van der Waals surface area contributed by atoms with E-state index in [1.165, 1.54) is 0 Å². The van der Waals surface area contributed by atoms with E-state index in [1.54, 1.807) is 14.2 Å². The predicted octanol–water partition coefficient (Wildman–Crippen LogP) is 4.72. The van der Waals surface area contributed by atoms with Gasteiger partial charge >= 0.3 is 5.97 Å². The summed E-state index contributed by atoms with van der Waals surface area (Å²) in [4.78, 5) is 14.0. The fourth-order valence-corrected chi connectivity index (χ4v) is 4.70. The fraction of sp³-hybridized carbons (Fsp3) is 0.409. The minimum Gasteiger partial charge on any atom is -0.493 e. The quantitative estimate of drug-likeness (QED) is 0.693. The molecule has 150 valence electrons. The molecule has 1 aliphatic heterocycles. The molecule has 2 atom stereocenters. The summed E-state index contributed by atoms with van der Waals surface area (Å²) >= 11 is 3.68. The largest absolute Gasteiger partial charge is 0.493 e. The molecule has 1 aliphatic rings. The number of hydrogen-bond acceptors (Lipinski definition) is 4. The summed E-state index contributed by atoms with van der Waals surface area (Å²) in [5.74, 6) is 0.484. The highest BCUT2D eigenvalue weighted by molar-refractivity contribution is 9.10. The number of nitrogens with zero attached hydrogens (tertiary/aromatic N) is 1. The molecule has 0 aliphatic carbocycles. The number of likely N-dealkylation sites (tertiary alicyclic amines) is 1. The molecular formula is C22H26BrNO4. The van der Waals surface area contributed by atoms with E-state index in [1.807, 2.05) is 12.1 Å². The molecule has 5 nitrogen and oxygen atoms in total. The summed E-state index contributed by atoms with van der Waals surface area (Å²) in [5, 5.41) is 9.79. The zero-order valence-corrected chi connectivity index (χ0v) is 18.2. The molecule has 1 heterocycles. The molecule has 6 heteroatoms. The van der Waals surface area contributed by atoms with Gasteiger partial charge in [-0.3, -0.25) is 9.69 Å². The smallest absolute Gasteiger partial charge is 0.320 e. The maximum atomic E-state index is 11.9. The fourth-order valence-electron chi connectivity index (χ4n) is 4.16. The highest BCUT2D eigenvalue weighted by Crippen LogP contribution is 2.43. The van der Waals surface area contributed by atoms with Crippen LogP contribution in [0.4, 0.5) is 0 Å². The van der Waals surface area contributed by atoms with E-state index >= 15 is 0 Å². The summed E-state index contributed by atoms with van der Waals surface area (Å²) in [5.41, 5.74) is 4.36. The van der Waals surface area contributed by atoms with Crippen LogP contribution >= 0.6 is 15.9 Å². The Morgan fingerprint density at radius 2 is 1.71 bits per heavy atom. The topological polar surface area (TPSA) is 59.0 Å². The molecule has 2 aromatic carbocycles. The second kappa shape index (κ2) is 8.53. The third-order valence-corrected chi connectivity index (χ3v) is 5.95. The lowest BCUT2D eigenvalue weighted by molar-refractivity contribution is -0.142. The number of carboxylic acids is 1. The zero-order chi connectivity index (χ0) is 20.4. The normalized spacial score (nSPS) is 18.1. The van der Waals surface area contributed by atoms with Gasteiger partial charge in [-0.2, -0.15) is 0 Å². The molecule has 0 bridgehead atoms. The van der Waals surface area contributed by atoms with Crippen LogP contribution in [0.2, 0.25) is 0 Å². The van der Waals surface area contributed by atoms with Gasteiger partial charge < -0.3 is 14.6 Å². The Kier molecular flexibility index (Phi) is 6.30. The number of methoxy groups -OCH3 is 2. The molecule has 1 saturated heterocycles. The van der Waals surface area contributed by atoms with Gasteiger partial charge in [0, 0.05) is 11.0 Å². The number of hydrogen-bond donors (Lipinski definition) is 1. The number of benzene rings is 2. The Balaban J connectivity index is 2.21. The summed E-state index contributed by atoms with van der Waals surface area (Å²) in [7, 11) is 3.21. The van der Waals surface area contributed by atoms with Crippen molar-refractivity contribution in [2.24, 2.45) is 0 Å². The lowest BCUT2D eigenvalue weighted by Gasteiger charge is -2.33. The molecule has 28 heavy (non-hydrogen) atoms. The van der Waals surface area contributed by atoms with E-state index < -0.39 is 12.0 Å². The van der Waals surface area contributed by atoms with Gasteiger partial charge in [0.1, 0.15) is 6.04 Å². The SMILES string of the molecule is COc1cc(Br)c(C(c2cc(C)cc(C)c2)N2CCCC2C(=O)O)cc1OC. The van der Waals surface area contributed by atoms with Crippen molar-refractivity contribution in [3.8, 4) is 11.5 Å². The van der Waals surface area contributed by atoms with Crippen LogP contribution in [0.15, 0.2) is 34.8 Å². The van der Waals surface area contributed by atoms with E-state index in [0.717, 1.165) is 39.7 Å². The van der Waals surface area contributed by atoms with Crippen LogP contribution in [0.5, 0.6) is 11.5 Å². The summed E-state index contributed by atoms with van der Waals surface area (Å²) in [6.45, 7) is 4.86. The molecule has 0 amide bonds. The first-order valence-corrected chi connectivity index (χ1v) is 10.1. The predicted molar refractivity (Wildman–Crippen MR) is 112 cm³/mol. The molecule has 0 spiro atoms.